The van der Waals surface area contributed by atoms with E-state index in [1.807, 2.05) is 38.1 Å². The maximum absolute atomic E-state index is 12.3. The van der Waals surface area contributed by atoms with Crippen LogP contribution in [0.4, 0.5) is 5.69 Å². The molecule has 1 unspecified atom stereocenters. The topological polar surface area (TPSA) is 66.5 Å². The summed E-state index contributed by atoms with van der Waals surface area (Å²) in [6.07, 6.45) is 1.81. The van der Waals surface area contributed by atoms with Gasteiger partial charge in [-0.2, -0.15) is 0 Å². The third kappa shape index (κ3) is 5.97. The molecule has 1 amide bonds. The number of nitrogens with one attached hydrogen (secondary N) is 1. The van der Waals surface area contributed by atoms with E-state index in [9.17, 15) is 13.2 Å². The molecule has 0 aliphatic rings. The van der Waals surface area contributed by atoms with E-state index in [-0.39, 0.29) is 24.9 Å². The highest BCUT2D eigenvalue weighted by Gasteiger charge is 2.20. The van der Waals surface area contributed by atoms with Crippen LogP contribution in [0.2, 0.25) is 5.02 Å². The molecule has 0 aromatic heterocycles. The number of carbonyl (C=O) groups is 1. The third-order valence-corrected chi connectivity index (χ3v) is 6.22. The van der Waals surface area contributed by atoms with Gasteiger partial charge >= 0.3 is 0 Å². The van der Waals surface area contributed by atoms with E-state index in [0.29, 0.717) is 22.7 Å². The number of rotatable bonds is 8. The lowest BCUT2D eigenvalue weighted by Gasteiger charge is -2.24. The lowest BCUT2D eigenvalue weighted by molar-refractivity contribution is -0.121. The molecule has 2 rings (SSSR count). The van der Waals surface area contributed by atoms with Crippen molar-refractivity contribution in [3.05, 3.63) is 64.2 Å². The van der Waals surface area contributed by atoms with Crippen molar-refractivity contribution in [2.24, 2.45) is 0 Å². The molecule has 0 spiro atoms. The highest BCUT2D eigenvalue weighted by molar-refractivity contribution is 7.92. The maximum atomic E-state index is 12.3. The Kier molecular flexibility index (Phi) is 7.49. The zero-order chi connectivity index (χ0) is 20.9. The van der Waals surface area contributed by atoms with Gasteiger partial charge in [-0.3, -0.25) is 9.10 Å². The van der Waals surface area contributed by atoms with Crippen LogP contribution >= 0.6 is 11.6 Å². The van der Waals surface area contributed by atoms with Crippen LogP contribution in [-0.4, -0.2) is 27.1 Å². The molecular formula is C21H27ClN2O3S. The molecule has 0 bridgehead atoms. The average Bonchev–Trinajstić information content (AvgIpc) is 2.61. The minimum atomic E-state index is -3.48. The van der Waals surface area contributed by atoms with E-state index in [2.05, 4.69) is 5.32 Å². The minimum Gasteiger partial charge on any atom is -0.350 e. The fraction of sp³-hybridized carbons (Fsp3) is 0.381. The van der Waals surface area contributed by atoms with E-state index < -0.39 is 10.0 Å². The number of nitrogens with zero attached hydrogens (tertiary/aromatic N) is 1. The van der Waals surface area contributed by atoms with Gasteiger partial charge in [0.15, 0.2) is 0 Å². The normalized spacial score (nSPS) is 12.5. The molecule has 0 radical (unpaired) electrons. The predicted molar refractivity (Wildman–Crippen MR) is 115 cm³/mol. The molecule has 5 nitrogen and oxygen atoms in total. The molecular weight excluding hydrogens is 396 g/mol. The van der Waals surface area contributed by atoms with Crippen molar-refractivity contribution in [1.82, 2.24) is 5.32 Å². The minimum absolute atomic E-state index is 0.103. The molecule has 0 aliphatic carbocycles. The number of sulfonamides is 1. The molecule has 1 N–H and O–H groups in total. The Morgan fingerprint density at radius 3 is 2.39 bits per heavy atom. The van der Waals surface area contributed by atoms with Crippen molar-refractivity contribution in [2.45, 2.75) is 39.7 Å². The Labute approximate surface area is 172 Å². The number of amides is 1. The first-order valence-electron chi connectivity index (χ1n) is 9.18. The Bertz CT molecular complexity index is 927. The fourth-order valence-electron chi connectivity index (χ4n) is 2.97. The first-order chi connectivity index (χ1) is 13.1. The van der Waals surface area contributed by atoms with E-state index in [4.69, 9.17) is 11.6 Å². The summed E-state index contributed by atoms with van der Waals surface area (Å²) < 4.78 is 25.8. The SMILES string of the molecule is Cc1ccc(C(C)NC(=O)CCCN(c2cccc(Cl)c2C)S(C)(=O)=O)cc1. The van der Waals surface area contributed by atoms with Crippen LogP contribution in [0.1, 0.15) is 42.5 Å². The summed E-state index contributed by atoms with van der Waals surface area (Å²) in [7, 11) is -3.48. The summed E-state index contributed by atoms with van der Waals surface area (Å²) in [6.45, 7) is 5.95. The monoisotopic (exact) mass is 422 g/mol. The Balaban J connectivity index is 1.97. The van der Waals surface area contributed by atoms with E-state index in [1.54, 1.807) is 25.1 Å². The Morgan fingerprint density at radius 1 is 1.14 bits per heavy atom. The van der Waals surface area contributed by atoms with Gasteiger partial charge in [0.05, 0.1) is 18.0 Å². The lowest BCUT2D eigenvalue weighted by Crippen LogP contribution is -2.33. The summed E-state index contributed by atoms with van der Waals surface area (Å²) in [5.74, 6) is -0.107. The summed E-state index contributed by atoms with van der Waals surface area (Å²) in [5, 5.41) is 3.47. The Hall–Kier alpha value is -2.05. The van der Waals surface area contributed by atoms with Crippen LogP contribution in [-0.2, 0) is 14.8 Å². The number of anilines is 1. The van der Waals surface area contributed by atoms with Gasteiger partial charge in [0, 0.05) is 18.0 Å². The highest BCUT2D eigenvalue weighted by Crippen LogP contribution is 2.28. The summed E-state index contributed by atoms with van der Waals surface area (Å²) in [4.78, 5) is 12.3. The second kappa shape index (κ2) is 9.43. The van der Waals surface area contributed by atoms with Crippen LogP contribution in [0.15, 0.2) is 42.5 Å². The highest BCUT2D eigenvalue weighted by atomic mass is 35.5. The standard InChI is InChI=1S/C21H27ClN2O3S/c1-15-10-12-18(13-11-15)17(3)23-21(25)9-6-14-24(28(4,26)27)20-8-5-7-19(22)16(20)2/h5,7-8,10-13,17H,6,9,14H2,1-4H3,(H,23,25). The molecule has 0 saturated heterocycles. The van der Waals surface area contributed by atoms with Crippen molar-refractivity contribution < 1.29 is 13.2 Å². The largest absolute Gasteiger partial charge is 0.350 e. The second-order valence-corrected chi connectivity index (χ2v) is 9.34. The molecule has 2 aromatic rings. The number of halogens is 1. The van der Waals surface area contributed by atoms with Gasteiger partial charge in [-0.1, -0.05) is 47.5 Å². The van der Waals surface area contributed by atoms with Gasteiger partial charge in [-0.05, 0) is 50.5 Å². The van der Waals surface area contributed by atoms with Crippen molar-refractivity contribution in [2.75, 3.05) is 17.1 Å². The van der Waals surface area contributed by atoms with E-state index in [1.165, 1.54) is 9.87 Å². The number of aryl methyl sites for hydroxylation is 1. The van der Waals surface area contributed by atoms with Gasteiger partial charge in [0.2, 0.25) is 15.9 Å². The molecule has 0 saturated carbocycles. The van der Waals surface area contributed by atoms with Crippen LogP contribution in [0.5, 0.6) is 0 Å². The number of hydrogen-bond donors (Lipinski definition) is 1. The molecule has 0 heterocycles. The number of hydrogen-bond acceptors (Lipinski definition) is 3. The third-order valence-electron chi connectivity index (χ3n) is 4.63. The van der Waals surface area contributed by atoms with Crippen molar-refractivity contribution in [3.63, 3.8) is 0 Å². The van der Waals surface area contributed by atoms with Crippen molar-refractivity contribution in [3.8, 4) is 0 Å². The molecule has 152 valence electrons. The van der Waals surface area contributed by atoms with Gasteiger partial charge in [-0.25, -0.2) is 8.42 Å². The second-order valence-electron chi connectivity index (χ2n) is 7.02. The van der Waals surface area contributed by atoms with Crippen LogP contribution in [0, 0.1) is 13.8 Å². The first-order valence-corrected chi connectivity index (χ1v) is 11.4. The lowest BCUT2D eigenvalue weighted by atomic mass is 10.1. The van der Waals surface area contributed by atoms with Gasteiger partial charge < -0.3 is 5.32 Å². The Morgan fingerprint density at radius 2 is 1.79 bits per heavy atom. The predicted octanol–water partition coefficient (Wildman–Crippen LogP) is 4.38. The van der Waals surface area contributed by atoms with E-state index in [0.717, 1.165) is 11.8 Å². The van der Waals surface area contributed by atoms with Crippen LogP contribution in [0.3, 0.4) is 0 Å². The smallest absolute Gasteiger partial charge is 0.232 e. The van der Waals surface area contributed by atoms with E-state index >= 15 is 0 Å². The quantitative estimate of drug-likeness (QED) is 0.686. The molecule has 1 atom stereocenters. The molecule has 0 aliphatic heterocycles. The zero-order valence-electron chi connectivity index (χ0n) is 16.7. The van der Waals surface area contributed by atoms with Gasteiger partial charge in [-0.15, -0.1) is 0 Å². The van der Waals surface area contributed by atoms with Crippen molar-refractivity contribution in [1.29, 1.82) is 0 Å². The molecule has 28 heavy (non-hydrogen) atoms. The summed E-state index contributed by atoms with van der Waals surface area (Å²) in [5.41, 5.74) is 3.45. The summed E-state index contributed by atoms with van der Waals surface area (Å²) >= 11 is 6.13. The first kappa shape index (κ1) is 22.2. The summed E-state index contributed by atoms with van der Waals surface area (Å²) in [6, 6.07) is 13.1. The number of carbonyl (C=O) groups excluding carboxylic acids is 1. The molecule has 7 heteroatoms. The van der Waals surface area contributed by atoms with Gasteiger partial charge in [0.1, 0.15) is 0 Å². The molecule has 2 aromatic carbocycles. The molecule has 0 fully saturated rings. The average molecular weight is 423 g/mol. The fourth-order valence-corrected chi connectivity index (χ4v) is 4.15. The van der Waals surface area contributed by atoms with Crippen LogP contribution in [0.25, 0.3) is 0 Å². The van der Waals surface area contributed by atoms with Crippen LogP contribution < -0.4 is 9.62 Å². The zero-order valence-corrected chi connectivity index (χ0v) is 18.3. The van der Waals surface area contributed by atoms with Gasteiger partial charge in [0.25, 0.3) is 0 Å². The maximum Gasteiger partial charge on any atom is 0.232 e. The van der Waals surface area contributed by atoms with Crippen molar-refractivity contribution >= 4 is 33.2 Å². The number of benzene rings is 2.